The minimum absolute atomic E-state index is 0.00760. The number of benzene rings is 2. The largest absolute Gasteiger partial charge is 0.323 e. The highest BCUT2D eigenvalue weighted by Crippen LogP contribution is 2.30. The van der Waals surface area contributed by atoms with E-state index in [2.05, 4.69) is 16.2 Å². The van der Waals surface area contributed by atoms with Gasteiger partial charge in [-0.05, 0) is 36.6 Å². The SMILES string of the molecule is Cc1cccc(Cl)c1NC(=O)C1CC(c2ccccc2Cl)NN1. The number of amides is 1. The molecule has 23 heavy (non-hydrogen) atoms. The molecule has 2 aromatic carbocycles. The van der Waals surface area contributed by atoms with Crippen LogP contribution in [0.3, 0.4) is 0 Å². The van der Waals surface area contributed by atoms with Crippen LogP contribution in [-0.2, 0) is 4.79 Å². The lowest BCUT2D eigenvalue weighted by Gasteiger charge is -2.14. The zero-order chi connectivity index (χ0) is 16.4. The van der Waals surface area contributed by atoms with Gasteiger partial charge in [-0.1, -0.05) is 53.5 Å². The summed E-state index contributed by atoms with van der Waals surface area (Å²) in [4.78, 5) is 12.5. The molecule has 2 unspecified atom stereocenters. The van der Waals surface area contributed by atoms with E-state index >= 15 is 0 Å². The maximum atomic E-state index is 12.5. The van der Waals surface area contributed by atoms with Crippen LogP contribution in [0.2, 0.25) is 10.0 Å². The quantitative estimate of drug-likeness (QED) is 0.788. The number of hydrogen-bond acceptors (Lipinski definition) is 3. The van der Waals surface area contributed by atoms with Gasteiger partial charge in [0.2, 0.25) is 5.91 Å². The van der Waals surface area contributed by atoms with E-state index in [0.717, 1.165) is 11.1 Å². The van der Waals surface area contributed by atoms with Crippen molar-refractivity contribution in [2.75, 3.05) is 5.32 Å². The molecule has 1 amide bonds. The second kappa shape index (κ2) is 6.89. The van der Waals surface area contributed by atoms with Crippen molar-refractivity contribution in [3.8, 4) is 0 Å². The molecule has 3 N–H and O–H groups in total. The van der Waals surface area contributed by atoms with Crippen molar-refractivity contribution in [1.29, 1.82) is 0 Å². The Balaban J connectivity index is 1.70. The van der Waals surface area contributed by atoms with Gasteiger partial charge in [-0.2, -0.15) is 0 Å². The number of anilines is 1. The molecule has 3 rings (SSSR count). The molecule has 1 aliphatic heterocycles. The first-order valence-electron chi connectivity index (χ1n) is 7.37. The van der Waals surface area contributed by atoms with Crippen LogP contribution in [0.4, 0.5) is 5.69 Å². The summed E-state index contributed by atoms with van der Waals surface area (Å²) >= 11 is 12.4. The number of carbonyl (C=O) groups excluding carboxylic acids is 1. The third-order valence-electron chi connectivity index (χ3n) is 3.97. The van der Waals surface area contributed by atoms with Crippen molar-refractivity contribution < 1.29 is 4.79 Å². The van der Waals surface area contributed by atoms with Gasteiger partial charge in [-0.25, -0.2) is 10.9 Å². The maximum Gasteiger partial charge on any atom is 0.242 e. The van der Waals surface area contributed by atoms with Gasteiger partial charge < -0.3 is 5.32 Å². The molecule has 0 radical (unpaired) electrons. The minimum atomic E-state index is -0.355. The molecule has 0 saturated carbocycles. The van der Waals surface area contributed by atoms with Crippen LogP contribution in [0.5, 0.6) is 0 Å². The number of para-hydroxylation sites is 1. The van der Waals surface area contributed by atoms with Gasteiger partial charge in [-0.15, -0.1) is 0 Å². The Morgan fingerprint density at radius 2 is 1.83 bits per heavy atom. The molecule has 1 saturated heterocycles. The highest BCUT2D eigenvalue weighted by molar-refractivity contribution is 6.34. The molecule has 1 heterocycles. The summed E-state index contributed by atoms with van der Waals surface area (Å²) in [6.07, 6.45) is 0.610. The monoisotopic (exact) mass is 349 g/mol. The maximum absolute atomic E-state index is 12.5. The van der Waals surface area contributed by atoms with Crippen molar-refractivity contribution in [3.05, 3.63) is 63.6 Å². The third-order valence-corrected chi connectivity index (χ3v) is 4.63. The van der Waals surface area contributed by atoms with Gasteiger partial charge >= 0.3 is 0 Å². The lowest BCUT2D eigenvalue weighted by atomic mass is 10.0. The average molecular weight is 350 g/mol. The molecule has 1 aliphatic rings. The number of halogens is 2. The zero-order valence-electron chi connectivity index (χ0n) is 12.6. The van der Waals surface area contributed by atoms with Crippen LogP contribution in [0, 0.1) is 6.92 Å². The summed E-state index contributed by atoms with van der Waals surface area (Å²) in [5.41, 5.74) is 8.72. The van der Waals surface area contributed by atoms with Crippen LogP contribution in [0.25, 0.3) is 0 Å². The average Bonchev–Trinajstić information content (AvgIpc) is 3.01. The second-order valence-electron chi connectivity index (χ2n) is 5.57. The number of aryl methyl sites for hydroxylation is 1. The lowest BCUT2D eigenvalue weighted by Crippen LogP contribution is -2.39. The smallest absolute Gasteiger partial charge is 0.242 e. The Morgan fingerprint density at radius 3 is 2.57 bits per heavy atom. The predicted octanol–water partition coefficient (Wildman–Crippen LogP) is 3.85. The summed E-state index contributed by atoms with van der Waals surface area (Å²) in [6, 6.07) is 12.8. The molecule has 0 aromatic heterocycles. The van der Waals surface area contributed by atoms with E-state index in [9.17, 15) is 4.79 Å². The fraction of sp³-hybridized carbons (Fsp3) is 0.235. The highest BCUT2D eigenvalue weighted by atomic mass is 35.5. The molecule has 0 aliphatic carbocycles. The van der Waals surface area contributed by atoms with Crippen LogP contribution < -0.4 is 16.2 Å². The van der Waals surface area contributed by atoms with E-state index < -0.39 is 0 Å². The fourth-order valence-corrected chi connectivity index (χ4v) is 3.23. The normalized spacial score (nSPS) is 20.5. The van der Waals surface area contributed by atoms with Gasteiger partial charge in [0.25, 0.3) is 0 Å². The van der Waals surface area contributed by atoms with Gasteiger partial charge in [0, 0.05) is 11.1 Å². The zero-order valence-corrected chi connectivity index (χ0v) is 14.1. The first-order valence-corrected chi connectivity index (χ1v) is 8.13. The third kappa shape index (κ3) is 3.51. The first-order chi connectivity index (χ1) is 11.1. The van der Waals surface area contributed by atoms with E-state index in [-0.39, 0.29) is 18.0 Å². The molecule has 6 heteroatoms. The summed E-state index contributed by atoms with van der Waals surface area (Å²) in [7, 11) is 0. The Hall–Kier alpha value is -1.59. The molecule has 4 nitrogen and oxygen atoms in total. The number of rotatable bonds is 3. The number of hydrogen-bond donors (Lipinski definition) is 3. The van der Waals surface area contributed by atoms with Crippen LogP contribution in [0.1, 0.15) is 23.6 Å². The van der Waals surface area contributed by atoms with Crippen molar-refractivity contribution in [2.45, 2.75) is 25.4 Å². The number of hydrazine groups is 1. The molecular weight excluding hydrogens is 333 g/mol. The molecule has 2 aromatic rings. The summed E-state index contributed by atoms with van der Waals surface area (Å²) < 4.78 is 0. The predicted molar refractivity (Wildman–Crippen MR) is 93.7 cm³/mol. The van der Waals surface area contributed by atoms with Crippen molar-refractivity contribution in [3.63, 3.8) is 0 Å². The highest BCUT2D eigenvalue weighted by Gasteiger charge is 2.31. The topological polar surface area (TPSA) is 53.2 Å². The van der Waals surface area contributed by atoms with E-state index in [4.69, 9.17) is 23.2 Å². The van der Waals surface area contributed by atoms with E-state index in [1.807, 2.05) is 43.3 Å². The second-order valence-corrected chi connectivity index (χ2v) is 6.39. The Morgan fingerprint density at radius 1 is 1.09 bits per heavy atom. The summed E-state index contributed by atoms with van der Waals surface area (Å²) in [5.74, 6) is -0.122. The minimum Gasteiger partial charge on any atom is -0.323 e. The van der Waals surface area contributed by atoms with E-state index in [1.54, 1.807) is 6.07 Å². The Labute approximate surface area is 145 Å². The van der Waals surface area contributed by atoms with Gasteiger partial charge in [0.05, 0.1) is 10.7 Å². The molecule has 0 spiro atoms. The van der Waals surface area contributed by atoms with E-state index in [1.165, 1.54) is 0 Å². The van der Waals surface area contributed by atoms with Gasteiger partial charge in [0.15, 0.2) is 0 Å². The van der Waals surface area contributed by atoms with E-state index in [0.29, 0.717) is 22.2 Å². The summed E-state index contributed by atoms with van der Waals surface area (Å²) in [6.45, 7) is 1.91. The molecule has 120 valence electrons. The standard InChI is InChI=1S/C17H17Cl2N3O/c1-10-5-4-8-13(19)16(10)20-17(23)15-9-14(21-22-15)11-6-2-3-7-12(11)18/h2-8,14-15,21-22H,9H2,1H3,(H,20,23). The summed E-state index contributed by atoms with van der Waals surface area (Å²) in [5, 5.41) is 4.12. The fourth-order valence-electron chi connectivity index (χ4n) is 2.69. The molecular formula is C17H17Cl2N3O. The molecule has 0 bridgehead atoms. The van der Waals surface area contributed by atoms with Crippen molar-refractivity contribution in [2.24, 2.45) is 0 Å². The number of nitrogens with one attached hydrogen (secondary N) is 3. The van der Waals surface area contributed by atoms with Gasteiger partial charge in [0.1, 0.15) is 6.04 Å². The Kier molecular flexibility index (Phi) is 4.87. The van der Waals surface area contributed by atoms with Crippen molar-refractivity contribution >= 4 is 34.8 Å². The number of carbonyl (C=O) groups is 1. The molecule has 2 atom stereocenters. The van der Waals surface area contributed by atoms with Crippen LogP contribution in [-0.4, -0.2) is 11.9 Å². The van der Waals surface area contributed by atoms with Gasteiger partial charge in [-0.3, -0.25) is 4.79 Å². The van der Waals surface area contributed by atoms with Crippen LogP contribution in [0.15, 0.2) is 42.5 Å². The molecule has 1 fully saturated rings. The first kappa shape index (κ1) is 16.3. The van der Waals surface area contributed by atoms with Crippen LogP contribution >= 0.6 is 23.2 Å². The lowest BCUT2D eigenvalue weighted by molar-refractivity contribution is -0.117. The Bertz CT molecular complexity index is 715. The van der Waals surface area contributed by atoms with Crippen molar-refractivity contribution in [1.82, 2.24) is 10.9 Å².